The van der Waals surface area contributed by atoms with Crippen molar-refractivity contribution in [2.24, 2.45) is 5.73 Å². The zero-order chi connectivity index (χ0) is 15.0. The first-order chi connectivity index (χ1) is 10.1. The Hall–Kier alpha value is -2.42. The van der Waals surface area contributed by atoms with E-state index in [1.165, 1.54) is 0 Å². The molecule has 1 aliphatic rings. The van der Waals surface area contributed by atoms with Gasteiger partial charge in [-0.1, -0.05) is 48.5 Å². The van der Waals surface area contributed by atoms with Crippen molar-refractivity contribution in [1.82, 2.24) is 0 Å². The first-order valence-electron chi connectivity index (χ1n) is 7.06. The zero-order valence-corrected chi connectivity index (χ0v) is 11.9. The number of Topliss-reactive ketones (excluding diaryl/α,β-unsaturated/α-hetero) is 1. The minimum absolute atomic E-state index is 0.0671. The Morgan fingerprint density at radius 2 is 1.43 bits per heavy atom. The zero-order valence-electron chi connectivity index (χ0n) is 11.9. The smallest absolute Gasteiger partial charge is 0.232 e. The second-order valence-electron chi connectivity index (χ2n) is 5.56. The number of hydrogen-bond acceptors (Lipinski definition) is 2. The molecule has 21 heavy (non-hydrogen) atoms. The summed E-state index contributed by atoms with van der Waals surface area (Å²) in [6, 6.07) is 15.6. The van der Waals surface area contributed by atoms with Gasteiger partial charge in [0.25, 0.3) is 0 Å². The second kappa shape index (κ2) is 4.85. The normalized spacial score (nSPS) is 14.3. The highest BCUT2D eigenvalue weighted by Crippen LogP contribution is 2.51. The molecule has 1 aliphatic carbocycles. The highest BCUT2D eigenvalue weighted by atomic mass is 16.1. The lowest BCUT2D eigenvalue weighted by molar-refractivity contribution is -0.122. The number of carbonyl (C=O) groups is 2. The third kappa shape index (κ3) is 1.88. The molecule has 1 amide bonds. The maximum atomic E-state index is 12.4. The van der Waals surface area contributed by atoms with Crippen molar-refractivity contribution in [1.29, 1.82) is 0 Å². The van der Waals surface area contributed by atoms with E-state index in [2.05, 4.69) is 0 Å². The van der Waals surface area contributed by atoms with Crippen LogP contribution in [0.1, 0.15) is 30.9 Å². The third-order valence-electron chi connectivity index (χ3n) is 4.34. The first-order valence-corrected chi connectivity index (χ1v) is 7.06. The van der Waals surface area contributed by atoms with Crippen LogP contribution < -0.4 is 5.73 Å². The van der Waals surface area contributed by atoms with Gasteiger partial charge in [0, 0.05) is 6.42 Å². The van der Waals surface area contributed by atoms with Gasteiger partial charge in [0.05, 0.1) is 0 Å². The van der Waals surface area contributed by atoms with Crippen molar-refractivity contribution in [3.8, 4) is 11.1 Å². The van der Waals surface area contributed by atoms with Crippen molar-refractivity contribution in [3.05, 3.63) is 59.7 Å². The number of ketones is 1. The molecule has 0 bridgehead atoms. The Balaban J connectivity index is 2.28. The maximum Gasteiger partial charge on any atom is 0.232 e. The minimum atomic E-state index is -0.890. The molecular weight excluding hydrogens is 262 g/mol. The Bertz CT molecular complexity index is 688. The lowest BCUT2D eigenvalue weighted by Gasteiger charge is -2.28. The van der Waals surface area contributed by atoms with E-state index in [0.717, 1.165) is 22.3 Å². The molecule has 0 radical (unpaired) electrons. The van der Waals surface area contributed by atoms with Gasteiger partial charge >= 0.3 is 0 Å². The average Bonchev–Trinajstić information content (AvgIpc) is 2.77. The van der Waals surface area contributed by atoms with Crippen LogP contribution in [0.4, 0.5) is 0 Å². The van der Waals surface area contributed by atoms with Gasteiger partial charge in [-0.2, -0.15) is 0 Å². The van der Waals surface area contributed by atoms with E-state index in [4.69, 9.17) is 5.73 Å². The van der Waals surface area contributed by atoms with Crippen LogP contribution in [0.5, 0.6) is 0 Å². The molecule has 0 aromatic heterocycles. The Kier molecular flexibility index (Phi) is 3.13. The standard InChI is InChI=1S/C18H17NO2/c1-12(20)10-11-18(17(19)21)15-8-4-2-6-13(15)14-7-3-5-9-16(14)18/h2-9H,10-11H2,1H3,(H2,19,21). The minimum Gasteiger partial charge on any atom is -0.369 e. The summed E-state index contributed by atoms with van der Waals surface area (Å²) in [6.07, 6.45) is 0.761. The lowest BCUT2D eigenvalue weighted by atomic mass is 9.73. The predicted octanol–water partition coefficient (Wildman–Crippen LogP) is 2.81. The number of amides is 1. The van der Waals surface area contributed by atoms with Crippen molar-refractivity contribution in [2.45, 2.75) is 25.2 Å². The largest absolute Gasteiger partial charge is 0.369 e. The average molecular weight is 279 g/mol. The van der Waals surface area contributed by atoms with Gasteiger partial charge in [-0.25, -0.2) is 0 Å². The van der Waals surface area contributed by atoms with E-state index in [9.17, 15) is 9.59 Å². The fraction of sp³-hybridized carbons (Fsp3) is 0.222. The summed E-state index contributed by atoms with van der Waals surface area (Å²) in [7, 11) is 0. The summed E-state index contributed by atoms with van der Waals surface area (Å²) in [5.74, 6) is -0.321. The van der Waals surface area contributed by atoms with E-state index in [-0.39, 0.29) is 11.7 Å². The maximum absolute atomic E-state index is 12.4. The number of nitrogens with two attached hydrogens (primary N) is 1. The number of rotatable bonds is 4. The van der Waals surface area contributed by atoms with Crippen LogP contribution in [0.15, 0.2) is 48.5 Å². The molecule has 0 spiro atoms. The lowest BCUT2D eigenvalue weighted by Crippen LogP contribution is -2.41. The second-order valence-corrected chi connectivity index (χ2v) is 5.56. The van der Waals surface area contributed by atoms with E-state index >= 15 is 0 Å². The molecule has 106 valence electrons. The van der Waals surface area contributed by atoms with Gasteiger partial charge in [0.1, 0.15) is 11.2 Å². The quantitative estimate of drug-likeness (QED) is 0.935. The summed E-state index contributed by atoms with van der Waals surface area (Å²) in [6.45, 7) is 1.54. The van der Waals surface area contributed by atoms with Crippen LogP contribution in [-0.4, -0.2) is 11.7 Å². The van der Waals surface area contributed by atoms with Crippen molar-refractivity contribution >= 4 is 11.7 Å². The van der Waals surface area contributed by atoms with Crippen LogP contribution in [0.25, 0.3) is 11.1 Å². The van der Waals surface area contributed by atoms with Gasteiger partial charge in [0.15, 0.2) is 0 Å². The van der Waals surface area contributed by atoms with Gasteiger partial charge in [-0.15, -0.1) is 0 Å². The highest BCUT2D eigenvalue weighted by Gasteiger charge is 2.47. The van der Waals surface area contributed by atoms with Crippen LogP contribution in [0, 0.1) is 0 Å². The summed E-state index contributed by atoms with van der Waals surface area (Å²) in [5, 5.41) is 0. The molecule has 3 nitrogen and oxygen atoms in total. The molecular formula is C18H17NO2. The number of carbonyl (C=O) groups excluding carboxylic acids is 2. The molecule has 0 fully saturated rings. The SMILES string of the molecule is CC(=O)CCC1(C(N)=O)c2ccccc2-c2ccccc21. The van der Waals surface area contributed by atoms with Crippen molar-refractivity contribution < 1.29 is 9.59 Å². The van der Waals surface area contributed by atoms with Crippen LogP contribution in [0.2, 0.25) is 0 Å². The number of fused-ring (bicyclic) bond motifs is 3. The molecule has 0 atom stereocenters. The summed E-state index contributed by atoms with van der Waals surface area (Å²) >= 11 is 0. The highest BCUT2D eigenvalue weighted by molar-refractivity contribution is 6.00. The molecule has 2 aromatic carbocycles. The van der Waals surface area contributed by atoms with Gasteiger partial charge < -0.3 is 10.5 Å². The van der Waals surface area contributed by atoms with Gasteiger partial charge in [0.2, 0.25) is 5.91 Å². The van der Waals surface area contributed by atoms with Gasteiger partial charge in [-0.3, -0.25) is 4.79 Å². The molecule has 0 saturated heterocycles. The number of primary amides is 1. The van der Waals surface area contributed by atoms with Crippen LogP contribution in [-0.2, 0) is 15.0 Å². The van der Waals surface area contributed by atoms with E-state index < -0.39 is 5.41 Å². The Morgan fingerprint density at radius 3 is 1.86 bits per heavy atom. The fourth-order valence-corrected chi connectivity index (χ4v) is 3.35. The molecule has 0 unspecified atom stereocenters. The van der Waals surface area contributed by atoms with E-state index in [0.29, 0.717) is 12.8 Å². The monoisotopic (exact) mass is 279 g/mol. The number of benzene rings is 2. The molecule has 2 N–H and O–H groups in total. The van der Waals surface area contributed by atoms with Crippen LogP contribution in [0.3, 0.4) is 0 Å². The summed E-state index contributed by atoms with van der Waals surface area (Å²) in [5.41, 5.74) is 8.82. The molecule has 0 saturated carbocycles. The molecule has 2 aromatic rings. The van der Waals surface area contributed by atoms with E-state index in [1.54, 1.807) is 6.92 Å². The van der Waals surface area contributed by atoms with Crippen molar-refractivity contribution in [2.75, 3.05) is 0 Å². The summed E-state index contributed by atoms with van der Waals surface area (Å²) in [4.78, 5) is 23.8. The first kappa shape index (κ1) is 13.6. The molecule has 3 heteroatoms. The molecule has 0 heterocycles. The van der Waals surface area contributed by atoms with Gasteiger partial charge in [-0.05, 0) is 35.6 Å². The predicted molar refractivity (Wildman–Crippen MR) is 81.8 cm³/mol. The third-order valence-corrected chi connectivity index (χ3v) is 4.34. The topological polar surface area (TPSA) is 60.2 Å². The van der Waals surface area contributed by atoms with Crippen LogP contribution >= 0.6 is 0 Å². The fourth-order valence-electron chi connectivity index (χ4n) is 3.35. The summed E-state index contributed by atoms with van der Waals surface area (Å²) < 4.78 is 0. The molecule has 0 aliphatic heterocycles. The van der Waals surface area contributed by atoms with Crippen molar-refractivity contribution in [3.63, 3.8) is 0 Å². The Morgan fingerprint density at radius 1 is 0.952 bits per heavy atom. The number of hydrogen-bond donors (Lipinski definition) is 1. The van der Waals surface area contributed by atoms with E-state index in [1.807, 2.05) is 48.5 Å². The molecule has 3 rings (SSSR count). The Labute approximate surface area is 123 Å².